The quantitative estimate of drug-likeness (QED) is 0.341. The van der Waals surface area contributed by atoms with E-state index in [0.717, 1.165) is 17.4 Å². The third-order valence-corrected chi connectivity index (χ3v) is 8.18. The highest BCUT2D eigenvalue weighted by molar-refractivity contribution is 7.92. The third-order valence-electron chi connectivity index (χ3n) is 6.45. The maximum absolute atomic E-state index is 12.9. The monoisotopic (exact) mass is 577 g/mol. The number of likely N-dealkylation sites (tertiary alicyclic amines) is 1. The number of rotatable bonds is 10. The molecule has 1 fully saturated rings. The van der Waals surface area contributed by atoms with Crippen LogP contribution < -0.4 is 9.62 Å². The molecule has 1 saturated heterocycles. The van der Waals surface area contributed by atoms with Gasteiger partial charge in [0.15, 0.2) is 0 Å². The average Bonchev–Trinajstić information content (AvgIpc) is 2.87. The number of halogens is 2. The van der Waals surface area contributed by atoms with E-state index in [1.807, 2.05) is 48.5 Å². The van der Waals surface area contributed by atoms with E-state index in [1.165, 1.54) is 10.4 Å². The highest BCUT2D eigenvalue weighted by atomic mass is 35.5. The summed E-state index contributed by atoms with van der Waals surface area (Å²) in [7, 11) is -3.68. The summed E-state index contributed by atoms with van der Waals surface area (Å²) in [5, 5.41) is 22.3. The summed E-state index contributed by atoms with van der Waals surface area (Å²) in [6.07, 6.45) is 1.14. The molecule has 3 aromatic carbocycles. The molecule has 0 aliphatic carbocycles. The molecular formula is C27H29Cl2N3O5S. The topological polar surface area (TPSA) is 110 Å². The molecule has 0 unspecified atom stereocenters. The van der Waals surface area contributed by atoms with Crippen LogP contribution in [0.3, 0.4) is 0 Å². The van der Waals surface area contributed by atoms with Crippen LogP contribution >= 0.6 is 23.2 Å². The molecule has 0 spiro atoms. The van der Waals surface area contributed by atoms with Crippen molar-refractivity contribution in [2.75, 3.05) is 36.9 Å². The molecule has 38 heavy (non-hydrogen) atoms. The summed E-state index contributed by atoms with van der Waals surface area (Å²) in [6, 6.07) is 20.1. The molecular weight excluding hydrogens is 549 g/mol. The second-order valence-corrected chi connectivity index (χ2v) is 12.0. The van der Waals surface area contributed by atoms with E-state index < -0.39 is 35.2 Å². The zero-order chi connectivity index (χ0) is 27.4. The van der Waals surface area contributed by atoms with Gasteiger partial charge in [-0.2, -0.15) is 0 Å². The van der Waals surface area contributed by atoms with Crippen LogP contribution in [0.25, 0.3) is 0 Å². The Bertz CT molecular complexity index is 1310. The summed E-state index contributed by atoms with van der Waals surface area (Å²) in [5.41, 5.74) is 2.62. The molecule has 1 aliphatic rings. The van der Waals surface area contributed by atoms with E-state index in [9.17, 15) is 23.4 Å². The fraction of sp³-hybridized carbons (Fsp3) is 0.296. The van der Waals surface area contributed by atoms with Gasteiger partial charge in [-0.3, -0.25) is 14.0 Å². The number of carbonyl (C=O) groups is 1. The molecule has 1 heterocycles. The first-order valence-corrected chi connectivity index (χ1v) is 14.6. The van der Waals surface area contributed by atoms with Crippen molar-refractivity contribution in [1.82, 2.24) is 10.2 Å². The second kappa shape index (κ2) is 12.0. The maximum atomic E-state index is 12.9. The lowest BCUT2D eigenvalue weighted by atomic mass is 9.93. The van der Waals surface area contributed by atoms with Crippen LogP contribution in [0.2, 0.25) is 10.0 Å². The lowest BCUT2D eigenvalue weighted by molar-refractivity contribution is 0.0879. The SMILES string of the molecule is CS(=O)(=O)N(c1cccc(C(=O)NC(CO)CO)c1)C1CN(C(c2ccc(Cl)cc2)c2ccc(Cl)cc2)C1. The van der Waals surface area contributed by atoms with Crippen molar-refractivity contribution < 1.29 is 23.4 Å². The van der Waals surface area contributed by atoms with E-state index in [0.29, 0.717) is 28.8 Å². The van der Waals surface area contributed by atoms with Crippen LogP contribution in [0, 0.1) is 0 Å². The molecule has 0 bridgehead atoms. The highest BCUT2D eigenvalue weighted by Crippen LogP contribution is 2.36. The Hall–Kier alpha value is -2.66. The zero-order valence-corrected chi connectivity index (χ0v) is 23.0. The van der Waals surface area contributed by atoms with Crippen LogP contribution in [-0.4, -0.2) is 74.1 Å². The number of aliphatic hydroxyl groups excluding tert-OH is 2. The Kier molecular flexibility index (Phi) is 8.97. The number of hydrogen-bond donors (Lipinski definition) is 3. The Balaban J connectivity index is 1.59. The van der Waals surface area contributed by atoms with Crippen LogP contribution in [-0.2, 0) is 10.0 Å². The fourth-order valence-electron chi connectivity index (χ4n) is 4.63. The maximum Gasteiger partial charge on any atom is 0.251 e. The molecule has 1 aliphatic heterocycles. The van der Waals surface area contributed by atoms with Crippen LogP contribution in [0.5, 0.6) is 0 Å². The van der Waals surface area contributed by atoms with Gasteiger partial charge in [0.1, 0.15) is 0 Å². The summed E-state index contributed by atoms with van der Waals surface area (Å²) >= 11 is 12.2. The number of benzene rings is 3. The molecule has 202 valence electrons. The van der Waals surface area contributed by atoms with Gasteiger partial charge in [0.05, 0.1) is 43.3 Å². The van der Waals surface area contributed by atoms with Crippen LogP contribution in [0.15, 0.2) is 72.8 Å². The third kappa shape index (κ3) is 6.48. The largest absolute Gasteiger partial charge is 0.394 e. The average molecular weight is 579 g/mol. The number of sulfonamides is 1. The van der Waals surface area contributed by atoms with Crippen LogP contribution in [0.1, 0.15) is 27.5 Å². The molecule has 1 amide bonds. The van der Waals surface area contributed by atoms with Crippen molar-refractivity contribution in [3.63, 3.8) is 0 Å². The standard InChI is InChI=1S/C27H29Cl2N3O5S/c1-38(36,37)32(24-4-2-3-20(13-24)27(35)30-23(16-33)17-34)25-14-31(15-25)26(18-5-9-21(28)10-6-18)19-7-11-22(29)12-8-19/h2-13,23,25-26,33-34H,14-17H2,1H3,(H,30,35). The first kappa shape index (κ1) is 28.4. The highest BCUT2D eigenvalue weighted by Gasteiger charge is 2.40. The van der Waals surface area contributed by atoms with Crippen molar-refractivity contribution in [2.45, 2.75) is 18.1 Å². The number of nitrogens with one attached hydrogen (secondary N) is 1. The first-order valence-electron chi connectivity index (χ1n) is 12.0. The number of hydrogen-bond acceptors (Lipinski definition) is 6. The second-order valence-electron chi connectivity index (χ2n) is 9.26. The smallest absolute Gasteiger partial charge is 0.251 e. The van der Waals surface area contributed by atoms with Gasteiger partial charge in [0, 0.05) is 28.7 Å². The zero-order valence-electron chi connectivity index (χ0n) is 20.7. The molecule has 0 aromatic heterocycles. The molecule has 8 nitrogen and oxygen atoms in total. The molecule has 0 radical (unpaired) electrons. The Labute approximate surface area is 232 Å². The van der Waals surface area contributed by atoms with Gasteiger partial charge in [-0.05, 0) is 53.6 Å². The van der Waals surface area contributed by atoms with Crippen molar-refractivity contribution in [1.29, 1.82) is 0 Å². The van der Waals surface area contributed by atoms with Crippen molar-refractivity contribution in [2.24, 2.45) is 0 Å². The van der Waals surface area contributed by atoms with E-state index in [1.54, 1.807) is 18.2 Å². The lowest BCUT2D eigenvalue weighted by Gasteiger charge is -2.48. The summed E-state index contributed by atoms with van der Waals surface area (Å²) < 4.78 is 27.2. The van der Waals surface area contributed by atoms with E-state index >= 15 is 0 Å². The normalized spacial score (nSPS) is 14.5. The van der Waals surface area contributed by atoms with Gasteiger partial charge in [-0.15, -0.1) is 0 Å². The van der Waals surface area contributed by atoms with Gasteiger partial charge in [-0.25, -0.2) is 8.42 Å². The molecule has 3 aromatic rings. The van der Waals surface area contributed by atoms with Crippen molar-refractivity contribution in [3.8, 4) is 0 Å². The van der Waals surface area contributed by atoms with Gasteiger partial charge in [-0.1, -0.05) is 53.5 Å². The van der Waals surface area contributed by atoms with Crippen molar-refractivity contribution in [3.05, 3.63) is 99.5 Å². The Morgan fingerprint density at radius 2 is 1.50 bits per heavy atom. The summed E-state index contributed by atoms with van der Waals surface area (Å²) in [4.78, 5) is 14.8. The molecule has 3 N–H and O–H groups in total. The predicted octanol–water partition coefficient (Wildman–Crippen LogP) is 3.32. The number of anilines is 1. The summed E-state index contributed by atoms with van der Waals surface area (Å²) in [6.45, 7) is 0.0719. The number of nitrogens with zero attached hydrogens (tertiary/aromatic N) is 2. The van der Waals surface area contributed by atoms with Crippen molar-refractivity contribution >= 4 is 44.8 Å². The lowest BCUT2D eigenvalue weighted by Crippen LogP contribution is -2.61. The van der Waals surface area contributed by atoms with Gasteiger partial charge < -0.3 is 15.5 Å². The molecule has 0 atom stereocenters. The van der Waals surface area contributed by atoms with Gasteiger partial charge >= 0.3 is 0 Å². The van der Waals surface area contributed by atoms with E-state index in [-0.39, 0.29) is 17.6 Å². The minimum atomic E-state index is -3.68. The molecule has 11 heteroatoms. The predicted molar refractivity (Wildman–Crippen MR) is 149 cm³/mol. The number of aliphatic hydroxyl groups is 2. The Morgan fingerprint density at radius 1 is 0.974 bits per heavy atom. The fourth-order valence-corrected chi connectivity index (χ4v) is 6.05. The minimum Gasteiger partial charge on any atom is -0.394 e. The number of carbonyl (C=O) groups excluding carboxylic acids is 1. The van der Waals surface area contributed by atoms with E-state index in [4.69, 9.17) is 23.2 Å². The minimum absolute atomic E-state index is 0.131. The number of amides is 1. The summed E-state index contributed by atoms with van der Waals surface area (Å²) in [5.74, 6) is -0.519. The van der Waals surface area contributed by atoms with E-state index in [2.05, 4.69) is 10.2 Å². The molecule has 0 saturated carbocycles. The Morgan fingerprint density at radius 3 is 1.97 bits per heavy atom. The van der Waals surface area contributed by atoms with Gasteiger partial charge in [0.2, 0.25) is 10.0 Å². The van der Waals surface area contributed by atoms with Crippen LogP contribution in [0.4, 0.5) is 5.69 Å². The van der Waals surface area contributed by atoms with Gasteiger partial charge in [0.25, 0.3) is 5.91 Å². The first-order chi connectivity index (χ1) is 18.1. The molecule has 4 rings (SSSR count).